The number of halogens is 2. The van der Waals surface area contributed by atoms with E-state index in [4.69, 9.17) is 0 Å². The molecule has 0 unspecified atom stereocenters. The van der Waals surface area contributed by atoms with Crippen molar-refractivity contribution in [3.8, 4) is 6.07 Å². The first-order chi connectivity index (χ1) is 10.2. The zero-order valence-corrected chi connectivity index (χ0v) is 10.7. The van der Waals surface area contributed by atoms with Gasteiger partial charge in [-0.25, -0.2) is 13.5 Å². The molecule has 1 heterocycles. The average Bonchev–Trinajstić information content (AvgIpc) is 2.91. The van der Waals surface area contributed by atoms with Crippen LogP contribution >= 0.6 is 0 Å². The zero-order chi connectivity index (χ0) is 14.8. The van der Waals surface area contributed by atoms with E-state index in [0.717, 1.165) is 18.2 Å². The predicted molar refractivity (Wildman–Crippen MR) is 73.7 cm³/mol. The molecule has 0 saturated carbocycles. The Labute approximate surface area is 118 Å². The minimum Gasteiger partial charge on any atom is -0.206 e. The van der Waals surface area contributed by atoms with Crippen molar-refractivity contribution in [2.75, 3.05) is 0 Å². The second-order valence-electron chi connectivity index (χ2n) is 4.27. The lowest BCUT2D eigenvalue weighted by atomic mass is 10.1. The number of nitrogens with zero attached hydrogens (tertiary/aromatic N) is 4. The van der Waals surface area contributed by atoms with E-state index in [0.29, 0.717) is 11.0 Å². The smallest absolute Gasteiger partial charge is 0.145 e. The maximum absolute atomic E-state index is 13.7. The first-order valence-corrected chi connectivity index (χ1v) is 6.07. The molecule has 4 nitrogen and oxygen atoms in total. The minimum atomic E-state index is -0.743. The van der Waals surface area contributed by atoms with Crippen LogP contribution in [0, 0.1) is 23.0 Å². The van der Waals surface area contributed by atoms with Gasteiger partial charge in [-0.2, -0.15) is 5.26 Å². The van der Waals surface area contributed by atoms with Crippen LogP contribution in [0.4, 0.5) is 8.78 Å². The van der Waals surface area contributed by atoms with Gasteiger partial charge in [-0.1, -0.05) is 23.4 Å². The van der Waals surface area contributed by atoms with E-state index in [-0.39, 0.29) is 11.3 Å². The van der Waals surface area contributed by atoms with E-state index < -0.39 is 11.6 Å². The lowest BCUT2D eigenvalue weighted by Gasteiger charge is -2.02. The summed E-state index contributed by atoms with van der Waals surface area (Å²) < 4.78 is 28.6. The lowest BCUT2D eigenvalue weighted by Crippen LogP contribution is -1.99. The van der Waals surface area contributed by atoms with Crippen LogP contribution in [0.5, 0.6) is 0 Å². The van der Waals surface area contributed by atoms with Gasteiger partial charge in [0, 0.05) is 5.56 Å². The molecule has 0 N–H and O–H groups in total. The summed E-state index contributed by atoms with van der Waals surface area (Å²) in [5.74, 6) is -1.49. The van der Waals surface area contributed by atoms with Crippen LogP contribution in [0.25, 0.3) is 22.8 Å². The molecular weight excluding hydrogens is 274 g/mol. The van der Waals surface area contributed by atoms with E-state index in [9.17, 15) is 14.0 Å². The van der Waals surface area contributed by atoms with Gasteiger partial charge >= 0.3 is 0 Å². The molecule has 102 valence electrons. The highest BCUT2D eigenvalue weighted by molar-refractivity contribution is 5.86. The summed E-state index contributed by atoms with van der Waals surface area (Å²) in [5.41, 5.74) is 0.871. The summed E-state index contributed by atoms with van der Waals surface area (Å²) in [6, 6.07) is 12.4. The Kier molecular flexibility index (Phi) is 3.16. The van der Waals surface area contributed by atoms with E-state index >= 15 is 0 Å². The first kappa shape index (κ1) is 12.9. The summed E-state index contributed by atoms with van der Waals surface area (Å²) in [5, 5.41) is 17.0. The molecule has 0 saturated heterocycles. The van der Waals surface area contributed by atoms with E-state index in [1.807, 2.05) is 6.07 Å². The van der Waals surface area contributed by atoms with Gasteiger partial charge in [0.1, 0.15) is 28.9 Å². The number of aromatic nitrogens is 3. The Morgan fingerprint density at radius 2 is 1.81 bits per heavy atom. The SMILES string of the molecule is N#C/C(=C\c1c(F)cccc1F)n1nnc2ccccc21. The third-order valence-corrected chi connectivity index (χ3v) is 2.98. The van der Waals surface area contributed by atoms with Crippen molar-refractivity contribution in [1.82, 2.24) is 15.0 Å². The van der Waals surface area contributed by atoms with Gasteiger partial charge in [0.25, 0.3) is 0 Å². The van der Waals surface area contributed by atoms with Crippen LogP contribution in [0.2, 0.25) is 0 Å². The normalized spacial score (nSPS) is 11.6. The quantitative estimate of drug-likeness (QED) is 0.678. The average molecular weight is 282 g/mol. The standard InChI is InChI=1S/C15H8F2N4/c16-12-4-3-5-13(17)11(12)8-10(9-18)21-15-7-2-1-6-14(15)19-20-21/h1-8H/b10-8+. The second kappa shape index (κ2) is 5.13. The number of hydrogen-bond acceptors (Lipinski definition) is 3. The number of allylic oxidation sites excluding steroid dienone is 1. The van der Waals surface area contributed by atoms with Gasteiger partial charge in [-0.3, -0.25) is 0 Å². The number of benzene rings is 2. The van der Waals surface area contributed by atoms with E-state index in [1.165, 1.54) is 10.7 Å². The molecular formula is C15H8F2N4. The molecule has 3 rings (SSSR count). The first-order valence-electron chi connectivity index (χ1n) is 6.07. The highest BCUT2D eigenvalue weighted by Crippen LogP contribution is 2.20. The van der Waals surface area contributed by atoms with Crippen LogP contribution in [-0.2, 0) is 0 Å². The molecule has 1 aromatic heterocycles. The van der Waals surface area contributed by atoms with Crippen molar-refractivity contribution in [2.45, 2.75) is 0 Å². The number of hydrogen-bond donors (Lipinski definition) is 0. The van der Waals surface area contributed by atoms with Crippen molar-refractivity contribution < 1.29 is 8.78 Å². The van der Waals surface area contributed by atoms with Crippen LogP contribution in [0.15, 0.2) is 42.5 Å². The number of rotatable bonds is 2. The van der Waals surface area contributed by atoms with Gasteiger partial charge in [0.15, 0.2) is 0 Å². The van der Waals surface area contributed by atoms with E-state index in [1.54, 1.807) is 24.3 Å². The molecule has 0 fully saturated rings. The maximum Gasteiger partial charge on any atom is 0.145 e. The number of para-hydroxylation sites is 1. The van der Waals surface area contributed by atoms with Crippen LogP contribution < -0.4 is 0 Å². The van der Waals surface area contributed by atoms with Crippen LogP contribution in [0.3, 0.4) is 0 Å². The third kappa shape index (κ3) is 2.25. The maximum atomic E-state index is 13.7. The molecule has 0 spiro atoms. The predicted octanol–water partition coefficient (Wildman–Crippen LogP) is 3.23. The third-order valence-electron chi connectivity index (χ3n) is 2.98. The van der Waals surface area contributed by atoms with Gasteiger partial charge < -0.3 is 0 Å². The molecule has 0 bridgehead atoms. The topological polar surface area (TPSA) is 54.5 Å². The van der Waals surface area contributed by atoms with Crippen molar-refractivity contribution >= 4 is 22.8 Å². The highest BCUT2D eigenvalue weighted by atomic mass is 19.1. The summed E-state index contributed by atoms with van der Waals surface area (Å²) in [6.07, 6.45) is 1.12. The Bertz CT molecular complexity index is 870. The Hall–Kier alpha value is -3.07. The molecule has 0 radical (unpaired) electrons. The molecule has 2 aromatic carbocycles. The Balaban J connectivity index is 2.19. The molecule has 0 aliphatic heterocycles. The van der Waals surface area contributed by atoms with Crippen molar-refractivity contribution in [3.05, 3.63) is 59.7 Å². The fraction of sp³-hybridized carbons (Fsp3) is 0. The van der Waals surface area contributed by atoms with Crippen molar-refractivity contribution in [3.63, 3.8) is 0 Å². The van der Waals surface area contributed by atoms with Crippen LogP contribution in [-0.4, -0.2) is 15.0 Å². The Morgan fingerprint density at radius 3 is 2.52 bits per heavy atom. The van der Waals surface area contributed by atoms with Crippen molar-refractivity contribution in [1.29, 1.82) is 5.26 Å². The molecule has 0 aliphatic rings. The van der Waals surface area contributed by atoms with Gasteiger partial charge in [0.2, 0.25) is 0 Å². The summed E-state index contributed by atoms with van der Waals surface area (Å²) in [7, 11) is 0. The number of fused-ring (bicyclic) bond motifs is 1. The molecule has 0 aliphatic carbocycles. The van der Waals surface area contributed by atoms with Crippen LogP contribution in [0.1, 0.15) is 5.56 Å². The molecule has 21 heavy (non-hydrogen) atoms. The summed E-state index contributed by atoms with van der Waals surface area (Å²) >= 11 is 0. The van der Waals surface area contributed by atoms with E-state index in [2.05, 4.69) is 10.3 Å². The fourth-order valence-corrected chi connectivity index (χ4v) is 1.97. The summed E-state index contributed by atoms with van der Waals surface area (Å²) in [6.45, 7) is 0. The number of nitriles is 1. The largest absolute Gasteiger partial charge is 0.206 e. The Morgan fingerprint density at radius 1 is 1.10 bits per heavy atom. The zero-order valence-electron chi connectivity index (χ0n) is 10.7. The van der Waals surface area contributed by atoms with Gasteiger partial charge in [-0.15, -0.1) is 5.10 Å². The molecule has 3 aromatic rings. The lowest BCUT2D eigenvalue weighted by molar-refractivity contribution is 0.578. The highest BCUT2D eigenvalue weighted by Gasteiger charge is 2.11. The van der Waals surface area contributed by atoms with Crippen molar-refractivity contribution in [2.24, 2.45) is 0 Å². The minimum absolute atomic E-state index is 0.0206. The second-order valence-corrected chi connectivity index (χ2v) is 4.27. The summed E-state index contributed by atoms with van der Waals surface area (Å²) in [4.78, 5) is 0. The molecule has 0 atom stereocenters. The molecule has 0 amide bonds. The monoisotopic (exact) mass is 282 g/mol. The molecule has 6 heteroatoms. The fourth-order valence-electron chi connectivity index (χ4n) is 1.97. The van der Waals surface area contributed by atoms with Gasteiger partial charge in [-0.05, 0) is 30.3 Å². The van der Waals surface area contributed by atoms with Gasteiger partial charge in [0.05, 0.1) is 5.52 Å².